The molecule has 0 bridgehead atoms. The number of sulfonamides is 1. The van der Waals surface area contributed by atoms with Crippen LogP contribution in [0, 0.1) is 6.92 Å². The van der Waals surface area contributed by atoms with Crippen molar-refractivity contribution in [1.29, 1.82) is 0 Å². The molecule has 2 aromatic carbocycles. The van der Waals surface area contributed by atoms with Gasteiger partial charge in [-0.15, -0.1) is 11.3 Å². The van der Waals surface area contributed by atoms with Gasteiger partial charge in [0.1, 0.15) is 17.1 Å². The van der Waals surface area contributed by atoms with Gasteiger partial charge in [0.15, 0.2) is 0 Å². The van der Waals surface area contributed by atoms with Gasteiger partial charge in [-0.1, -0.05) is 18.6 Å². The van der Waals surface area contributed by atoms with Crippen molar-refractivity contribution in [3.63, 3.8) is 0 Å². The lowest BCUT2D eigenvalue weighted by molar-refractivity contribution is -0.116. The molecule has 0 saturated carbocycles. The summed E-state index contributed by atoms with van der Waals surface area (Å²) in [6.45, 7) is 2.37. The molecule has 1 aliphatic heterocycles. The van der Waals surface area contributed by atoms with E-state index >= 15 is 0 Å². The standard InChI is InChI=1S/C28H29N5O6S2/c1-18-24-27(40-25(18)26(35)31-21-8-4-5-9-22(21)39-2)29-17-32(28(24)36)16-23(34)30-19-10-12-20(13-11-19)41(37,38)33-14-6-3-7-15-33/h4-5,8-13,17H,3,6-7,14-16H2,1-2H3,(H,30,34)(H,31,35). The first kappa shape index (κ1) is 28.5. The highest BCUT2D eigenvalue weighted by Crippen LogP contribution is 2.30. The molecule has 4 aromatic rings. The molecule has 5 rings (SSSR count). The summed E-state index contributed by atoms with van der Waals surface area (Å²) in [6, 6.07) is 13.0. The van der Waals surface area contributed by atoms with Crippen molar-refractivity contribution in [3.8, 4) is 5.75 Å². The molecule has 0 unspecified atom stereocenters. The molecule has 1 aliphatic rings. The van der Waals surface area contributed by atoms with Crippen LogP contribution in [0.25, 0.3) is 10.2 Å². The van der Waals surface area contributed by atoms with Crippen molar-refractivity contribution in [2.75, 3.05) is 30.8 Å². The van der Waals surface area contributed by atoms with Gasteiger partial charge in [0.25, 0.3) is 11.5 Å². The minimum absolute atomic E-state index is 0.168. The average Bonchev–Trinajstić information content (AvgIpc) is 3.32. The molecule has 11 nitrogen and oxygen atoms in total. The zero-order valence-corrected chi connectivity index (χ0v) is 24.2. The molecule has 0 spiro atoms. The van der Waals surface area contributed by atoms with Crippen LogP contribution < -0.4 is 20.9 Å². The van der Waals surface area contributed by atoms with Crippen LogP contribution in [0.5, 0.6) is 5.75 Å². The molecular formula is C28H29N5O6S2. The maximum atomic E-state index is 13.3. The van der Waals surface area contributed by atoms with E-state index in [9.17, 15) is 22.8 Å². The molecule has 2 N–H and O–H groups in total. The Morgan fingerprint density at radius 1 is 1.02 bits per heavy atom. The lowest BCUT2D eigenvalue weighted by atomic mass is 10.2. The third-order valence-electron chi connectivity index (χ3n) is 6.88. The van der Waals surface area contributed by atoms with Crippen LogP contribution in [0.1, 0.15) is 34.5 Å². The number of rotatable bonds is 8. The number of fused-ring (bicyclic) bond motifs is 1. The molecule has 2 amide bonds. The zero-order valence-electron chi connectivity index (χ0n) is 22.5. The normalized spacial score (nSPS) is 14.1. The van der Waals surface area contributed by atoms with E-state index in [-0.39, 0.29) is 16.8 Å². The Kier molecular flexibility index (Phi) is 8.20. The molecule has 0 atom stereocenters. The maximum Gasteiger partial charge on any atom is 0.266 e. The van der Waals surface area contributed by atoms with Gasteiger partial charge in [-0.25, -0.2) is 13.4 Å². The molecule has 3 heterocycles. The minimum atomic E-state index is -3.58. The van der Waals surface area contributed by atoms with Gasteiger partial charge >= 0.3 is 0 Å². The highest BCUT2D eigenvalue weighted by Gasteiger charge is 2.26. The number of aryl methyl sites for hydroxylation is 1. The SMILES string of the molecule is COc1ccccc1NC(=O)c1sc2ncn(CC(=O)Nc3ccc(S(=O)(=O)N4CCCCC4)cc3)c(=O)c2c1C. The van der Waals surface area contributed by atoms with Crippen LogP contribution in [-0.2, 0) is 21.4 Å². The molecule has 1 fully saturated rings. The Morgan fingerprint density at radius 3 is 2.44 bits per heavy atom. The molecule has 2 aromatic heterocycles. The largest absolute Gasteiger partial charge is 0.495 e. The summed E-state index contributed by atoms with van der Waals surface area (Å²) in [5.41, 5.74) is 0.918. The number of carbonyl (C=O) groups is 2. The number of amides is 2. The first-order chi connectivity index (χ1) is 19.7. The van der Waals surface area contributed by atoms with E-state index in [0.717, 1.165) is 30.6 Å². The second-order valence-electron chi connectivity index (χ2n) is 9.61. The van der Waals surface area contributed by atoms with Gasteiger partial charge in [0, 0.05) is 18.8 Å². The van der Waals surface area contributed by atoms with Gasteiger partial charge in [0.2, 0.25) is 15.9 Å². The fraction of sp³-hybridized carbons (Fsp3) is 0.286. The van der Waals surface area contributed by atoms with Crippen molar-refractivity contribution in [2.45, 2.75) is 37.6 Å². The Morgan fingerprint density at radius 2 is 1.73 bits per heavy atom. The summed E-state index contributed by atoms with van der Waals surface area (Å²) < 4.78 is 33.7. The van der Waals surface area contributed by atoms with Crippen molar-refractivity contribution < 1.29 is 22.7 Å². The number of nitrogens with one attached hydrogen (secondary N) is 2. The van der Waals surface area contributed by atoms with Gasteiger partial charge in [-0.05, 0) is 61.7 Å². The van der Waals surface area contributed by atoms with E-state index in [4.69, 9.17) is 4.74 Å². The average molecular weight is 596 g/mol. The van der Waals surface area contributed by atoms with Crippen LogP contribution in [-0.4, -0.2) is 54.3 Å². The van der Waals surface area contributed by atoms with Crippen LogP contribution >= 0.6 is 11.3 Å². The fourth-order valence-corrected chi connectivity index (χ4v) is 7.29. The second kappa shape index (κ2) is 11.8. The molecule has 0 radical (unpaired) electrons. The van der Waals surface area contributed by atoms with Gasteiger partial charge < -0.3 is 15.4 Å². The van der Waals surface area contributed by atoms with Crippen LogP contribution in [0.4, 0.5) is 11.4 Å². The third-order valence-corrected chi connectivity index (χ3v) is 9.99. The third kappa shape index (κ3) is 5.87. The summed E-state index contributed by atoms with van der Waals surface area (Å²) in [6.07, 6.45) is 3.98. The highest BCUT2D eigenvalue weighted by atomic mass is 32.2. The number of anilines is 2. The number of hydrogen-bond acceptors (Lipinski definition) is 8. The molecule has 0 aliphatic carbocycles. The molecule has 13 heteroatoms. The quantitative estimate of drug-likeness (QED) is 0.315. The number of benzene rings is 2. The van der Waals surface area contributed by atoms with E-state index in [0.29, 0.717) is 45.5 Å². The number of aromatic nitrogens is 2. The lowest BCUT2D eigenvalue weighted by Gasteiger charge is -2.25. The second-order valence-corrected chi connectivity index (χ2v) is 12.5. The maximum absolute atomic E-state index is 13.3. The summed E-state index contributed by atoms with van der Waals surface area (Å²) in [4.78, 5) is 44.3. The van der Waals surface area contributed by atoms with Crippen LogP contribution in [0.3, 0.4) is 0 Å². The monoisotopic (exact) mass is 595 g/mol. The Hall–Kier alpha value is -4.07. The smallest absolute Gasteiger partial charge is 0.266 e. The van der Waals surface area contributed by atoms with Gasteiger partial charge in [-0.3, -0.25) is 19.0 Å². The fourth-order valence-electron chi connectivity index (χ4n) is 4.74. The number of thiophene rings is 1. The Balaban J connectivity index is 1.30. The van der Waals surface area contributed by atoms with Crippen LogP contribution in [0.2, 0.25) is 0 Å². The zero-order chi connectivity index (χ0) is 29.1. The minimum Gasteiger partial charge on any atom is -0.495 e. The number of ether oxygens (including phenoxy) is 1. The number of piperidine rings is 1. The predicted octanol–water partition coefficient (Wildman–Crippen LogP) is 3.84. The molecular weight excluding hydrogens is 566 g/mol. The summed E-state index contributed by atoms with van der Waals surface area (Å²) in [5.74, 6) is -0.379. The summed E-state index contributed by atoms with van der Waals surface area (Å²) >= 11 is 1.09. The molecule has 41 heavy (non-hydrogen) atoms. The topological polar surface area (TPSA) is 140 Å². The summed E-state index contributed by atoms with van der Waals surface area (Å²) in [7, 11) is -2.07. The molecule has 1 saturated heterocycles. The number of methoxy groups -OCH3 is 1. The van der Waals surface area contributed by atoms with E-state index < -0.39 is 27.4 Å². The number of carbonyl (C=O) groups excluding carboxylic acids is 2. The number of hydrogen-bond donors (Lipinski definition) is 2. The van der Waals surface area contributed by atoms with Gasteiger partial charge in [-0.2, -0.15) is 4.31 Å². The van der Waals surface area contributed by atoms with Crippen molar-refractivity contribution in [2.24, 2.45) is 0 Å². The van der Waals surface area contributed by atoms with Crippen molar-refractivity contribution in [1.82, 2.24) is 13.9 Å². The number of para-hydroxylation sites is 2. The highest BCUT2D eigenvalue weighted by molar-refractivity contribution is 7.89. The van der Waals surface area contributed by atoms with E-state index in [1.165, 1.54) is 46.6 Å². The van der Waals surface area contributed by atoms with Crippen LogP contribution in [0.15, 0.2) is 64.5 Å². The lowest BCUT2D eigenvalue weighted by Crippen LogP contribution is -2.35. The Bertz CT molecular complexity index is 1770. The number of nitrogens with zero attached hydrogens (tertiary/aromatic N) is 3. The first-order valence-electron chi connectivity index (χ1n) is 13.0. The first-order valence-corrected chi connectivity index (χ1v) is 15.3. The van der Waals surface area contributed by atoms with Crippen molar-refractivity contribution in [3.05, 3.63) is 75.7 Å². The van der Waals surface area contributed by atoms with E-state index in [1.807, 2.05) is 0 Å². The van der Waals surface area contributed by atoms with Gasteiger partial charge in [0.05, 0.1) is 34.3 Å². The van der Waals surface area contributed by atoms with E-state index in [1.54, 1.807) is 31.2 Å². The predicted molar refractivity (Wildman–Crippen MR) is 157 cm³/mol. The Labute approximate surface area is 240 Å². The summed E-state index contributed by atoms with van der Waals surface area (Å²) in [5, 5.41) is 5.77. The molecule has 214 valence electrons. The van der Waals surface area contributed by atoms with E-state index in [2.05, 4.69) is 15.6 Å². The van der Waals surface area contributed by atoms with Crippen molar-refractivity contribution >= 4 is 54.8 Å².